The number of carboxylic acid groups (broad SMARTS) is 2. The van der Waals surface area contributed by atoms with Gasteiger partial charge in [0.15, 0.2) is 0 Å². The van der Waals surface area contributed by atoms with Crippen LogP contribution in [0.1, 0.15) is 6.42 Å². The Morgan fingerprint density at radius 1 is 1.12 bits per heavy atom. The number of aliphatic hydroxyl groups excluding tert-OH is 2. The van der Waals surface area contributed by atoms with Crippen LogP contribution in [0.25, 0.3) is 0 Å². The summed E-state index contributed by atoms with van der Waals surface area (Å²) in [7, 11) is 6.17. The highest BCUT2D eigenvalue weighted by atomic mass is 32.2. The van der Waals surface area contributed by atoms with Crippen molar-refractivity contribution in [1.29, 1.82) is 0 Å². The molecule has 10 nitrogen and oxygen atoms in total. The second kappa shape index (κ2) is 12.9. The van der Waals surface area contributed by atoms with Crippen LogP contribution >= 0.6 is 11.8 Å². The normalized spacial score (nSPS) is 14.5. The Labute approximate surface area is 151 Å². The number of aliphatic hydroxyl groups is 2. The average Bonchev–Trinajstić information content (AvgIpc) is 2.49. The summed E-state index contributed by atoms with van der Waals surface area (Å²) in [6, 6.07) is -0.468. The second-order valence-electron chi connectivity index (χ2n) is 6.10. The van der Waals surface area contributed by atoms with E-state index in [1.165, 1.54) is 0 Å². The number of hydrogen-bond acceptors (Lipinski definition) is 10. The van der Waals surface area contributed by atoms with Gasteiger partial charge in [-0.3, -0.25) is 4.79 Å². The number of thioether (sulfide) groups is 1. The lowest BCUT2D eigenvalue weighted by atomic mass is 10.2. The number of carbonyl (C=O) groups is 3. The van der Waals surface area contributed by atoms with E-state index in [-0.39, 0.29) is 5.97 Å². The predicted octanol–water partition coefficient (Wildman–Crippen LogP) is -4.48. The molecule has 0 rings (SSSR count). The number of esters is 1. The zero-order valence-electron chi connectivity index (χ0n) is 14.8. The highest BCUT2D eigenvalue weighted by molar-refractivity contribution is 7.98. The van der Waals surface area contributed by atoms with E-state index in [2.05, 4.69) is 21.1 Å². The van der Waals surface area contributed by atoms with Crippen molar-refractivity contribution in [3.05, 3.63) is 0 Å². The van der Waals surface area contributed by atoms with Crippen molar-refractivity contribution < 1.29 is 44.0 Å². The molecule has 25 heavy (non-hydrogen) atoms. The molecule has 0 spiro atoms. The Hall–Kier alpha value is -1.40. The molecule has 0 aliphatic carbocycles. The number of likely N-dealkylation sites (N-methyl/N-ethyl adjacent to an activating group) is 1. The van der Waals surface area contributed by atoms with Gasteiger partial charge in [0.25, 0.3) is 0 Å². The number of carboxylic acids is 2. The van der Waals surface area contributed by atoms with Crippen molar-refractivity contribution in [2.75, 3.05) is 46.3 Å². The molecule has 0 aromatic rings. The maximum absolute atomic E-state index is 11.4. The van der Waals surface area contributed by atoms with Crippen molar-refractivity contribution in [3.63, 3.8) is 0 Å². The quantitative estimate of drug-likeness (QED) is 0.246. The van der Waals surface area contributed by atoms with E-state index >= 15 is 0 Å². The first-order chi connectivity index (χ1) is 11.3. The van der Waals surface area contributed by atoms with Crippen molar-refractivity contribution >= 4 is 29.7 Å². The van der Waals surface area contributed by atoms with E-state index in [0.29, 0.717) is 13.0 Å². The molecule has 0 aliphatic heterocycles. The number of quaternary nitrogens is 1. The predicted molar refractivity (Wildman–Crippen MR) is 86.9 cm³/mol. The number of carbonyl (C=O) groups excluding carboxylic acids is 3. The van der Waals surface area contributed by atoms with Crippen LogP contribution in [-0.2, 0) is 19.1 Å². The fourth-order valence-electron chi connectivity index (χ4n) is 1.15. The van der Waals surface area contributed by atoms with Gasteiger partial charge in [0.05, 0.1) is 33.1 Å². The van der Waals surface area contributed by atoms with Crippen molar-refractivity contribution in [2.45, 2.75) is 24.7 Å². The topological polar surface area (TPSA) is 173 Å². The van der Waals surface area contributed by atoms with Gasteiger partial charge in [-0.15, -0.1) is 0 Å². The van der Waals surface area contributed by atoms with Gasteiger partial charge in [-0.25, -0.2) is 0 Å². The van der Waals surface area contributed by atoms with Crippen molar-refractivity contribution in [2.24, 2.45) is 5.73 Å². The Balaban J connectivity index is 0. The number of aliphatic carboxylic acids is 2. The van der Waals surface area contributed by atoms with E-state index in [9.17, 15) is 24.6 Å². The van der Waals surface area contributed by atoms with E-state index in [4.69, 9.17) is 20.7 Å². The largest absolute Gasteiger partial charge is 0.547 e. The zero-order chi connectivity index (χ0) is 20.2. The molecule has 0 fully saturated rings. The molecule has 0 aliphatic rings. The van der Waals surface area contributed by atoms with Crippen LogP contribution in [0.15, 0.2) is 0 Å². The molecule has 3 atom stereocenters. The molecule has 0 bridgehead atoms. The van der Waals surface area contributed by atoms with Crippen LogP contribution in [0.4, 0.5) is 0 Å². The zero-order valence-corrected chi connectivity index (χ0v) is 15.7. The smallest absolute Gasteiger partial charge is 0.323 e. The molecule has 0 saturated carbocycles. The minimum Gasteiger partial charge on any atom is -0.547 e. The summed E-state index contributed by atoms with van der Waals surface area (Å²) in [5.41, 5.74) is 5.66. The van der Waals surface area contributed by atoms with Crippen LogP contribution < -0.4 is 15.9 Å². The van der Waals surface area contributed by atoms with Crippen molar-refractivity contribution in [1.82, 2.24) is 0 Å². The van der Waals surface area contributed by atoms with Crippen LogP contribution in [0, 0.1) is 0 Å². The van der Waals surface area contributed by atoms with E-state index in [1.807, 2.05) is 6.26 Å². The fraction of sp³-hybridized carbons (Fsp3) is 0.786. The van der Waals surface area contributed by atoms with E-state index < -0.39 is 30.2 Å². The lowest BCUT2D eigenvalue weighted by molar-refractivity contribution is -0.870. The number of ether oxygens (including phenoxy) is 1. The second-order valence-corrected chi connectivity index (χ2v) is 7.08. The Morgan fingerprint density at radius 2 is 1.56 bits per heavy atom. The molecule has 0 aromatic carbocycles. The maximum atomic E-state index is 11.4. The van der Waals surface area contributed by atoms with Crippen LogP contribution in [0.3, 0.4) is 0 Å². The first-order valence-corrected chi connectivity index (χ1v) is 8.72. The van der Waals surface area contributed by atoms with Gasteiger partial charge in [-0.2, -0.15) is 11.8 Å². The number of nitrogens with two attached hydrogens (primary N) is 1. The fourth-order valence-corrected chi connectivity index (χ4v) is 1.64. The summed E-state index contributed by atoms with van der Waals surface area (Å²) >= 11 is 1.68. The van der Waals surface area contributed by atoms with Crippen LogP contribution in [0.2, 0.25) is 0 Å². The number of hydrogen-bond donors (Lipinski definition) is 3. The molecule has 11 heteroatoms. The first-order valence-electron chi connectivity index (χ1n) is 7.33. The van der Waals surface area contributed by atoms with Gasteiger partial charge in [0.2, 0.25) is 0 Å². The van der Waals surface area contributed by atoms with Gasteiger partial charge in [-0.05, 0) is 18.4 Å². The summed E-state index contributed by atoms with van der Waals surface area (Å²) in [5.74, 6) is -3.50. The molecule has 0 amide bonds. The molecule has 0 heterocycles. The van der Waals surface area contributed by atoms with E-state index in [1.54, 1.807) is 11.8 Å². The summed E-state index contributed by atoms with van der Waals surface area (Å²) in [6.45, 7) is 1.25. The van der Waals surface area contributed by atoms with E-state index in [0.717, 1.165) is 16.8 Å². The highest BCUT2D eigenvalue weighted by Gasteiger charge is 2.17. The Morgan fingerprint density at radius 3 is 1.88 bits per heavy atom. The number of nitrogens with zero attached hydrogens (tertiary/aromatic N) is 1. The number of rotatable bonds is 10. The third kappa shape index (κ3) is 14.6. The molecular weight excluding hydrogens is 356 g/mol. The minimum atomic E-state index is -2.44. The molecule has 0 aromatic heterocycles. The molecule has 148 valence electrons. The Kier molecular flexibility index (Phi) is 13.3. The van der Waals surface area contributed by atoms with Crippen molar-refractivity contribution in [3.8, 4) is 0 Å². The van der Waals surface area contributed by atoms with Crippen LogP contribution in [0.5, 0.6) is 0 Å². The van der Waals surface area contributed by atoms with Gasteiger partial charge in [0, 0.05) is 0 Å². The minimum absolute atomic E-state index is 0.280. The molecule has 0 radical (unpaired) electrons. The highest BCUT2D eigenvalue weighted by Crippen LogP contribution is 2.00. The third-order valence-corrected chi connectivity index (χ3v) is 3.37. The monoisotopic (exact) mass is 383 g/mol. The van der Waals surface area contributed by atoms with Gasteiger partial charge in [0.1, 0.15) is 31.4 Å². The third-order valence-electron chi connectivity index (χ3n) is 2.72. The first kappa shape index (κ1) is 25.8. The maximum Gasteiger partial charge on any atom is 0.323 e. The lowest BCUT2D eigenvalue weighted by Crippen LogP contribution is -2.51. The molecule has 0 saturated heterocycles. The summed E-state index contributed by atoms with van der Waals surface area (Å²) in [6.07, 6.45) is -2.20. The SMILES string of the molecule is CSCC[C@H](N)C(=O)OCC[N+](C)(C)C.O=C([O-])[C@H](O)[C@@H](O)C(=O)[O-]. The van der Waals surface area contributed by atoms with Gasteiger partial charge >= 0.3 is 5.97 Å². The average molecular weight is 383 g/mol. The summed E-state index contributed by atoms with van der Waals surface area (Å²) in [5, 5.41) is 35.7. The summed E-state index contributed by atoms with van der Waals surface area (Å²) in [4.78, 5) is 30.6. The van der Waals surface area contributed by atoms with Crippen LogP contribution in [-0.4, -0.2) is 97.2 Å². The Bertz CT molecular complexity index is 410. The standard InChI is InChI=1S/C10H23N2O2S.C4H6O6/c1-12(2,3)6-7-14-10(13)9(11)5-8-15-4;5-1(3(7)8)2(6)4(9)10/h9H,5-8,11H2,1-4H3;1-2,5-6H,(H,7,8)(H,9,10)/q+1;/p-2/t9-;1-,2-/m01/s1. The summed E-state index contributed by atoms with van der Waals surface area (Å²) < 4.78 is 5.87. The van der Waals surface area contributed by atoms with Gasteiger partial charge in [-0.1, -0.05) is 0 Å². The molecular formula is C14H27N2O8S-. The molecule has 0 unspecified atom stereocenters. The molecule has 4 N–H and O–H groups in total. The lowest BCUT2D eigenvalue weighted by Gasteiger charge is -2.23. The van der Waals surface area contributed by atoms with Gasteiger partial charge < -0.3 is 45.0 Å².